The Bertz CT molecular complexity index is 708. The fraction of sp³-hybridized carbons (Fsp3) is 0.500. The maximum Gasteiger partial charge on any atom is 0.338 e. The zero-order valence-electron chi connectivity index (χ0n) is 12.6. The summed E-state index contributed by atoms with van der Waals surface area (Å²) in [6.07, 6.45) is 0. The van der Waals surface area contributed by atoms with Gasteiger partial charge in [-0.05, 0) is 13.0 Å². The van der Waals surface area contributed by atoms with Crippen molar-refractivity contribution in [3.05, 3.63) is 29.8 Å². The van der Waals surface area contributed by atoms with Gasteiger partial charge in [0, 0.05) is 19.1 Å². The zero-order chi connectivity index (χ0) is 17.5. The lowest BCUT2D eigenvalue weighted by Gasteiger charge is -2.45. The second-order valence-corrected chi connectivity index (χ2v) is 7.30. The molecule has 2 rings (SSSR count). The van der Waals surface area contributed by atoms with E-state index in [-0.39, 0.29) is 6.61 Å². The highest BCUT2D eigenvalue weighted by atomic mass is 32.2. The first-order valence-electron chi connectivity index (χ1n) is 6.89. The molecule has 1 aromatic rings. The molecular weight excluding hydrogens is 332 g/mol. The van der Waals surface area contributed by atoms with Gasteiger partial charge in [0.05, 0.1) is 18.0 Å². The van der Waals surface area contributed by atoms with Crippen molar-refractivity contribution >= 4 is 16.0 Å². The number of ether oxygens (including phenoxy) is 1. The molecule has 1 aromatic carbocycles. The van der Waals surface area contributed by atoms with E-state index in [2.05, 4.69) is 0 Å². The number of benzene rings is 1. The van der Waals surface area contributed by atoms with Crippen LogP contribution in [0.5, 0.6) is 0 Å². The van der Waals surface area contributed by atoms with Crippen molar-refractivity contribution < 1.29 is 31.8 Å². The fourth-order valence-electron chi connectivity index (χ4n) is 2.45. The van der Waals surface area contributed by atoms with Gasteiger partial charge in [-0.25, -0.2) is 22.0 Å². The van der Waals surface area contributed by atoms with Crippen molar-refractivity contribution in [2.45, 2.75) is 30.3 Å². The average Bonchev–Trinajstić information content (AvgIpc) is 2.40. The van der Waals surface area contributed by atoms with Crippen LogP contribution in [0.3, 0.4) is 0 Å². The SMILES string of the molecule is CCOC1(C(=O)O)CN(S(=O)(=O)c2ccccc2C(C)(F)F)C1. The van der Waals surface area contributed by atoms with Crippen LogP contribution in [0.4, 0.5) is 8.78 Å². The molecule has 0 unspecified atom stereocenters. The monoisotopic (exact) mass is 349 g/mol. The van der Waals surface area contributed by atoms with E-state index >= 15 is 0 Å². The Kier molecular flexibility index (Phi) is 4.49. The summed E-state index contributed by atoms with van der Waals surface area (Å²) >= 11 is 0. The van der Waals surface area contributed by atoms with Crippen LogP contribution >= 0.6 is 0 Å². The topological polar surface area (TPSA) is 83.9 Å². The molecule has 6 nitrogen and oxygen atoms in total. The molecule has 0 spiro atoms. The van der Waals surface area contributed by atoms with Gasteiger partial charge in [-0.2, -0.15) is 4.31 Å². The van der Waals surface area contributed by atoms with Gasteiger partial charge in [-0.3, -0.25) is 0 Å². The number of hydrogen-bond donors (Lipinski definition) is 1. The minimum atomic E-state index is -4.23. The Labute approximate surface area is 132 Å². The van der Waals surface area contributed by atoms with Crippen molar-refractivity contribution in [3.63, 3.8) is 0 Å². The number of sulfonamides is 1. The fourth-order valence-corrected chi connectivity index (χ4v) is 4.26. The molecule has 1 aliphatic rings. The molecule has 1 fully saturated rings. The molecule has 0 saturated carbocycles. The maximum absolute atomic E-state index is 13.6. The van der Waals surface area contributed by atoms with E-state index in [0.29, 0.717) is 6.92 Å². The lowest BCUT2D eigenvalue weighted by molar-refractivity contribution is -0.181. The van der Waals surface area contributed by atoms with Gasteiger partial charge in [-0.1, -0.05) is 18.2 Å². The number of rotatable bonds is 6. The summed E-state index contributed by atoms with van der Waals surface area (Å²) in [5, 5.41) is 9.19. The van der Waals surface area contributed by atoms with Gasteiger partial charge in [0.25, 0.3) is 5.92 Å². The van der Waals surface area contributed by atoms with Crippen LogP contribution in [0.1, 0.15) is 19.4 Å². The summed E-state index contributed by atoms with van der Waals surface area (Å²) in [6, 6.07) is 4.79. The van der Waals surface area contributed by atoms with E-state index in [0.717, 1.165) is 16.4 Å². The Balaban J connectivity index is 2.35. The molecule has 128 valence electrons. The van der Waals surface area contributed by atoms with Crippen LogP contribution in [0.2, 0.25) is 0 Å². The number of carbonyl (C=O) groups is 1. The number of carboxylic acids is 1. The van der Waals surface area contributed by atoms with E-state index in [1.54, 1.807) is 6.92 Å². The van der Waals surface area contributed by atoms with Gasteiger partial charge in [0.1, 0.15) is 0 Å². The van der Waals surface area contributed by atoms with E-state index in [1.807, 2.05) is 0 Å². The molecule has 23 heavy (non-hydrogen) atoms. The molecule has 9 heteroatoms. The highest BCUT2D eigenvalue weighted by molar-refractivity contribution is 7.89. The summed E-state index contributed by atoms with van der Waals surface area (Å²) in [5.41, 5.74) is -2.24. The molecule has 1 saturated heterocycles. The summed E-state index contributed by atoms with van der Waals surface area (Å²) in [6.45, 7) is 1.47. The standard InChI is InChI=1S/C14H17F2NO5S/c1-3-22-14(12(18)19)8-17(9-14)23(20,21)11-7-5-4-6-10(11)13(2,15)16/h4-7H,3,8-9H2,1-2H3,(H,18,19). The number of nitrogens with zero attached hydrogens (tertiary/aromatic N) is 1. The zero-order valence-corrected chi connectivity index (χ0v) is 13.4. The highest BCUT2D eigenvalue weighted by Crippen LogP contribution is 2.37. The van der Waals surface area contributed by atoms with Crippen LogP contribution in [0.25, 0.3) is 0 Å². The minimum absolute atomic E-state index is 0.101. The Morgan fingerprint density at radius 1 is 1.39 bits per heavy atom. The van der Waals surface area contributed by atoms with Crippen molar-refractivity contribution in [1.29, 1.82) is 0 Å². The first kappa shape index (κ1) is 17.8. The van der Waals surface area contributed by atoms with Crippen molar-refractivity contribution in [3.8, 4) is 0 Å². The summed E-state index contributed by atoms with van der Waals surface area (Å²) < 4.78 is 58.3. The molecule has 1 heterocycles. The van der Waals surface area contributed by atoms with E-state index in [4.69, 9.17) is 4.74 Å². The van der Waals surface area contributed by atoms with Crippen LogP contribution < -0.4 is 0 Å². The molecule has 0 bridgehead atoms. The quantitative estimate of drug-likeness (QED) is 0.844. The van der Waals surface area contributed by atoms with Crippen LogP contribution in [-0.4, -0.2) is 49.1 Å². The Morgan fingerprint density at radius 3 is 2.43 bits per heavy atom. The number of carboxylic acid groups (broad SMARTS) is 1. The number of halogens is 2. The first-order valence-corrected chi connectivity index (χ1v) is 8.33. The molecule has 0 radical (unpaired) electrons. The highest BCUT2D eigenvalue weighted by Gasteiger charge is 2.55. The summed E-state index contributed by atoms with van der Waals surface area (Å²) in [5.74, 6) is -4.61. The average molecular weight is 349 g/mol. The second kappa shape index (κ2) is 5.81. The summed E-state index contributed by atoms with van der Waals surface area (Å²) in [4.78, 5) is 10.7. The number of aliphatic carboxylic acids is 1. The van der Waals surface area contributed by atoms with Gasteiger partial charge < -0.3 is 9.84 Å². The van der Waals surface area contributed by atoms with Crippen LogP contribution in [0, 0.1) is 0 Å². The third-order valence-electron chi connectivity index (χ3n) is 3.65. The molecule has 0 aromatic heterocycles. The van der Waals surface area contributed by atoms with E-state index in [1.165, 1.54) is 12.1 Å². The first-order chi connectivity index (χ1) is 10.5. The summed E-state index contributed by atoms with van der Waals surface area (Å²) in [7, 11) is -4.23. The molecule has 0 aliphatic carbocycles. The predicted octanol–water partition coefficient (Wildman–Crippen LogP) is 1.66. The van der Waals surface area contributed by atoms with Gasteiger partial charge >= 0.3 is 5.97 Å². The third kappa shape index (κ3) is 3.08. The number of hydrogen-bond acceptors (Lipinski definition) is 4. The van der Waals surface area contributed by atoms with Crippen LogP contribution in [-0.2, 0) is 25.5 Å². The van der Waals surface area contributed by atoms with Gasteiger partial charge in [0.15, 0.2) is 5.60 Å². The lowest BCUT2D eigenvalue weighted by atomic mass is 9.97. The Hall–Kier alpha value is -1.58. The van der Waals surface area contributed by atoms with Crippen molar-refractivity contribution in [2.24, 2.45) is 0 Å². The van der Waals surface area contributed by atoms with Crippen molar-refractivity contribution in [2.75, 3.05) is 19.7 Å². The van der Waals surface area contributed by atoms with E-state index < -0.39 is 51.1 Å². The van der Waals surface area contributed by atoms with Gasteiger partial charge in [0.2, 0.25) is 10.0 Å². The lowest BCUT2D eigenvalue weighted by Crippen LogP contribution is -2.68. The maximum atomic E-state index is 13.6. The molecular formula is C14H17F2NO5S. The largest absolute Gasteiger partial charge is 0.479 e. The molecule has 0 amide bonds. The molecule has 0 atom stereocenters. The number of alkyl halides is 2. The smallest absolute Gasteiger partial charge is 0.338 e. The Morgan fingerprint density at radius 2 is 1.96 bits per heavy atom. The van der Waals surface area contributed by atoms with E-state index in [9.17, 15) is 27.1 Å². The third-order valence-corrected chi connectivity index (χ3v) is 5.50. The molecule has 1 aliphatic heterocycles. The second-order valence-electron chi connectivity index (χ2n) is 5.39. The molecule has 1 N–H and O–H groups in total. The van der Waals surface area contributed by atoms with Gasteiger partial charge in [-0.15, -0.1) is 0 Å². The van der Waals surface area contributed by atoms with Crippen LogP contribution in [0.15, 0.2) is 29.2 Å². The predicted molar refractivity (Wildman–Crippen MR) is 76.8 cm³/mol. The van der Waals surface area contributed by atoms with Crippen molar-refractivity contribution in [1.82, 2.24) is 4.31 Å². The normalized spacial score (nSPS) is 18.4. The minimum Gasteiger partial charge on any atom is -0.479 e.